The SMILES string of the molecule is N#Cc1c(N)sc2c(F)cnc(-c3c4c(c5cnc(N6CC[C@@H](N7CCC[C@H](O)C7)C6)nc5c3F)COC4)c12. The fraction of sp³-hybridized carbons (Fsp3) is 0.407. The van der Waals surface area contributed by atoms with E-state index in [-0.39, 0.29) is 62.8 Å². The standard InChI is InChI=1S/C27H25F2N7O2S/c28-19-8-32-24(21-15(6-30)26(31)39-25(19)21)20-18-12-38-11-17(18)16-7-33-27(34-23(16)22(20)29)36-5-3-13(9-36)35-4-1-2-14(37)10-35/h7-8,13-14,37H,1-5,9-12,31H2/t13-,14+/m1/s1. The van der Waals surface area contributed by atoms with E-state index in [1.807, 2.05) is 6.07 Å². The van der Waals surface area contributed by atoms with E-state index in [1.165, 1.54) is 0 Å². The number of nitriles is 1. The summed E-state index contributed by atoms with van der Waals surface area (Å²) >= 11 is 0.947. The summed E-state index contributed by atoms with van der Waals surface area (Å²) in [6, 6.07) is 2.31. The number of piperidine rings is 1. The number of nitrogens with zero attached hydrogens (tertiary/aromatic N) is 6. The highest BCUT2D eigenvalue weighted by atomic mass is 32.1. The number of likely N-dealkylation sites (tertiary alicyclic amines) is 1. The number of benzene rings is 1. The van der Waals surface area contributed by atoms with Gasteiger partial charge in [0, 0.05) is 48.2 Å². The maximum atomic E-state index is 16.5. The molecule has 7 rings (SSSR count). The fourth-order valence-corrected chi connectivity index (χ4v) is 7.15. The van der Waals surface area contributed by atoms with Gasteiger partial charge in [-0.3, -0.25) is 9.88 Å². The molecule has 0 radical (unpaired) electrons. The number of thiophene rings is 1. The minimum atomic E-state index is -0.615. The molecule has 6 heterocycles. The van der Waals surface area contributed by atoms with Gasteiger partial charge in [-0.15, -0.1) is 11.3 Å². The molecule has 0 spiro atoms. The van der Waals surface area contributed by atoms with Gasteiger partial charge in [-0.05, 0) is 36.9 Å². The van der Waals surface area contributed by atoms with E-state index < -0.39 is 11.6 Å². The van der Waals surface area contributed by atoms with E-state index in [0.717, 1.165) is 55.4 Å². The molecule has 0 bridgehead atoms. The van der Waals surface area contributed by atoms with Crippen LogP contribution < -0.4 is 10.6 Å². The minimum Gasteiger partial charge on any atom is -0.392 e. The summed E-state index contributed by atoms with van der Waals surface area (Å²) in [6.07, 6.45) is 5.10. The number of pyridine rings is 1. The molecule has 4 aromatic rings. The number of hydrogen-bond donors (Lipinski definition) is 2. The Morgan fingerprint density at radius 3 is 2.79 bits per heavy atom. The number of fused-ring (bicyclic) bond motifs is 4. The molecular formula is C27H25F2N7O2S. The maximum Gasteiger partial charge on any atom is 0.226 e. The molecule has 0 aliphatic carbocycles. The third-order valence-corrected chi connectivity index (χ3v) is 9.15. The predicted octanol–water partition coefficient (Wildman–Crippen LogP) is 3.70. The minimum absolute atomic E-state index is 0.0819. The van der Waals surface area contributed by atoms with E-state index in [4.69, 9.17) is 10.5 Å². The van der Waals surface area contributed by atoms with Crippen LogP contribution in [0.25, 0.3) is 32.2 Å². The molecule has 3 aliphatic rings. The van der Waals surface area contributed by atoms with Crippen molar-refractivity contribution >= 4 is 43.3 Å². The average molecular weight is 550 g/mol. The van der Waals surface area contributed by atoms with E-state index in [9.17, 15) is 14.8 Å². The number of nitrogen functional groups attached to an aromatic ring is 1. The van der Waals surface area contributed by atoms with E-state index in [2.05, 4.69) is 24.8 Å². The molecule has 0 saturated carbocycles. The van der Waals surface area contributed by atoms with E-state index in [1.54, 1.807) is 6.20 Å². The molecule has 9 nitrogen and oxygen atoms in total. The number of hydrogen-bond acceptors (Lipinski definition) is 10. The number of aromatic nitrogens is 3. The van der Waals surface area contributed by atoms with Gasteiger partial charge in [-0.25, -0.2) is 18.7 Å². The van der Waals surface area contributed by atoms with Gasteiger partial charge in [-0.2, -0.15) is 5.26 Å². The first-order valence-corrected chi connectivity index (χ1v) is 13.8. The smallest absolute Gasteiger partial charge is 0.226 e. The number of nitrogens with two attached hydrogens (primary N) is 1. The first-order chi connectivity index (χ1) is 18.9. The zero-order chi connectivity index (χ0) is 26.8. The molecule has 2 fully saturated rings. The van der Waals surface area contributed by atoms with Crippen molar-refractivity contribution in [2.24, 2.45) is 0 Å². The Morgan fingerprint density at radius 1 is 1.13 bits per heavy atom. The van der Waals surface area contributed by atoms with Gasteiger partial charge in [-0.1, -0.05) is 0 Å². The molecule has 1 aromatic carbocycles. The van der Waals surface area contributed by atoms with Gasteiger partial charge < -0.3 is 20.5 Å². The van der Waals surface area contributed by atoms with Crippen molar-refractivity contribution in [2.75, 3.05) is 36.8 Å². The Morgan fingerprint density at radius 2 is 1.97 bits per heavy atom. The molecule has 39 heavy (non-hydrogen) atoms. The largest absolute Gasteiger partial charge is 0.392 e. The number of aliphatic hydroxyl groups excluding tert-OH is 1. The van der Waals surface area contributed by atoms with Crippen molar-refractivity contribution in [1.82, 2.24) is 19.9 Å². The van der Waals surface area contributed by atoms with Crippen molar-refractivity contribution in [1.29, 1.82) is 5.26 Å². The van der Waals surface area contributed by atoms with Crippen molar-refractivity contribution < 1.29 is 18.6 Å². The molecule has 2 saturated heterocycles. The van der Waals surface area contributed by atoms with Crippen molar-refractivity contribution in [2.45, 2.75) is 44.6 Å². The molecule has 200 valence electrons. The number of aliphatic hydroxyl groups is 1. The molecule has 0 unspecified atom stereocenters. The lowest BCUT2D eigenvalue weighted by Crippen LogP contribution is -2.45. The van der Waals surface area contributed by atoms with Crippen molar-refractivity contribution in [3.05, 3.63) is 40.7 Å². The predicted molar refractivity (Wildman–Crippen MR) is 143 cm³/mol. The maximum absolute atomic E-state index is 16.5. The summed E-state index contributed by atoms with van der Waals surface area (Å²) in [5, 5.41) is 20.8. The van der Waals surface area contributed by atoms with Gasteiger partial charge in [0.15, 0.2) is 11.6 Å². The third kappa shape index (κ3) is 3.83. The van der Waals surface area contributed by atoms with Gasteiger partial charge in [0.1, 0.15) is 16.6 Å². The number of halogens is 2. The summed E-state index contributed by atoms with van der Waals surface area (Å²) in [4.78, 5) is 17.9. The Bertz CT molecular complexity index is 1690. The summed E-state index contributed by atoms with van der Waals surface area (Å²) in [6.45, 7) is 3.45. The second-order valence-electron chi connectivity index (χ2n) is 10.4. The number of β-amino-alcohol motifs (C(OH)–C–C–N with tert-alkyl or cyclic N) is 1. The zero-order valence-electron chi connectivity index (χ0n) is 21.0. The zero-order valence-corrected chi connectivity index (χ0v) is 21.8. The molecule has 12 heteroatoms. The topological polar surface area (TPSA) is 124 Å². The molecule has 3 N–H and O–H groups in total. The normalized spacial score (nSPS) is 21.6. The van der Waals surface area contributed by atoms with Crippen molar-refractivity contribution in [3.8, 4) is 17.3 Å². The van der Waals surface area contributed by atoms with Crippen LogP contribution >= 0.6 is 11.3 Å². The Balaban J connectivity index is 1.35. The number of anilines is 2. The summed E-state index contributed by atoms with van der Waals surface area (Å²) in [5.74, 6) is -0.793. The van der Waals surface area contributed by atoms with Gasteiger partial charge >= 0.3 is 0 Å². The second-order valence-corrected chi connectivity index (χ2v) is 11.4. The van der Waals surface area contributed by atoms with Gasteiger partial charge in [0.25, 0.3) is 0 Å². The highest BCUT2D eigenvalue weighted by molar-refractivity contribution is 7.23. The average Bonchev–Trinajstić information content (AvgIpc) is 3.69. The fourth-order valence-electron chi connectivity index (χ4n) is 6.23. The summed E-state index contributed by atoms with van der Waals surface area (Å²) in [5.41, 5.74) is 7.90. The van der Waals surface area contributed by atoms with Crippen LogP contribution in [0.15, 0.2) is 12.4 Å². The van der Waals surface area contributed by atoms with Gasteiger partial charge in [0.2, 0.25) is 5.95 Å². The van der Waals surface area contributed by atoms with Crippen LogP contribution in [0.5, 0.6) is 0 Å². The monoisotopic (exact) mass is 549 g/mol. The molecular weight excluding hydrogens is 524 g/mol. The van der Waals surface area contributed by atoms with Crippen LogP contribution in [-0.4, -0.2) is 63.3 Å². The quantitative estimate of drug-likeness (QED) is 0.394. The van der Waals surface area contributed by atoms with Crippen LogP contribution in [0.3, 0.4) is 0 Å². The van der Waals surface area contributed by atoms with E-state index in [0.29, 0.717) is 30.0 Å². The third-order valence-electron chi connectivity index (χ3n) is 8.12. The van der Waals surface area contributed by atoms with Crippen LogP contribution in [0.1, 0.15) is 36.0 Å². The lowest BCUT2D eigenvalue weighted by atomic mass is 9.94. The molecule has 3 aromatic heterocycles. The first-order valence-electron chi connectivity index (χ1n) is 13.0. The first kappa shape index (κ1) is 24.5. The van der Waals surface area contributed by atoms with Crippen molar-refractivity contribution in [3.63, 3.8) is 0 Å². The van der Waals surface area contributed by atoms with Crippen LogP contribution in [0.2, 0.25) is 0 Å². The Kier molecular flexibility index (Phi) is 5.85. The van der Waals surface area contributed by atoms with Gasteiger partial charge in [0.05, 0.1) is 41.5 Å². The number of ether oxygens (including phenoxy) is 1. The van der Waals surface area contributed by atoms with Crippen LogP contribution in [-0.2, 0) is 18.0 Å². The number of rotatable bonds is 3. The Labute approximate surface area is 226 Å². The summed E-state index contributed by atoms with van der Waals surface area (Å²) in [7, 11) is 0. The van der Waals surface area contributed by atoms with Crippen LogP contribution in [0.4, 0.5) is 19.7 Å². The lowest BCUT2D eigenvalue weighted by Gasteiger charge is -2.34. The molecule has 2 atom stereocenters. The Hall–Kier alpha value is -3.50. The highest BCUT2D eigenvalue weighted by Gasteiger charge is 2.33. The second kappa shape index (κ2) is 9.31. The van der Waals surface area contributed by atoms with Crippen LogP contribution in [0, 0.1) is 23.0 Å². The molecule has 0 amide bonds. The lowest BCUT2D eigenvalue weighted by molar-refractivity contribution is 0.0513. The molecule has 3 aliphatic heterocycles. The van der Waals surface area contributed by atoms with E-state index >= 15 is 4.39 Å². The highest BCUT2D eigenvalue weighted by Crippen LogP contribution is 2.45. The summed E-state index contributed by atoms with van der Waals surface area (Å²) < 4.78 is 37.1.